The fraction of sp³-hybridized carbons (Fsp3) is 0.864. The summed E-state index contributed by atoms with van der Waals surface area (Å²) in [5.41, 5.74) is 0.416. The molecule has 11 atom stereocenters. The molecule has 1 heterocycles. The molecule has 8 heteroatoms. The number of aliphatic carboxylic acids is 1. The third-order valence-electron chi connectivity index (χ3n) is 17.0. The van der Waals surface area contributed by atoms with E-state index in [1.54, 1.807) is 13.8 Å². The van der Waals surface area contributed by atoms with Crippen LogP contribution in [-0.4, -0.2) is 52.6 Å². The molecule has 2 N–H and O–H groups in total. The maximum atomic E-state index is 14.2. The molecule has 1 aliphatic heterocycles. The molecular formula is C44H67NO7. The second-order valence-electron chi connectivity index (χ2n) is 20.9. The number of ketones is 1. The Balaban J connectivity index is 1.15. The predicted octanol–water partition coefficient (Wildman–Crippen LogP) is 8.60. The number of hydrogen-bond acceptors (Lipinski definition) is 6. The Morgan fingerprint density at radius 1 is 0.885 bits per heavy atom. The molecule has 0 radical (unpaired) electrons. The molecule has 7 aliphatic rings. The molecule has 0 spiro atoms. The number of Topliss-reactive ketones (excluding diaryl/α,β-unsaturated/α-hetero) is 1. The Hall–Kier alpha value is -2.22. The van der Waals surface area contributed by atoms with Gasteiger partial charge >= 0.3 is 11.9 Å². The quantitative estimate of drug-likeness (QED) is 0.199. The molecule has 1 amide bonds. The van der Waals surface area contributed by atoms with Gasteiger partial charge in [0.2, 0.25) is 5.91 Å². The van der Waals surface area contributed by atoms with Gasteiger partial charge in [0.1, 0.15) is 6.10 Å². The third kappa shape index (κ3) is 5.76. The number of amides is 1. The van der Waals surface area contributed by atoms with Crippen molar-refractivity contribution in [1.29, 1.82) is 0 Å². The van der Waals surface area contributed by atoms with E-state index in [0.29, 0.717) is 24.4 Å². The lowest BCUT2D eigenvalue weighted by Crippen LogP contribution is -2.67. The molecule has 6 aliphatic carbocycles. The smallest absolute Gasteiger partial charge is 0.309 e. The van der Waals surface area contributed by atoms with Crippen LogP contribution >= 0.6 is 0 Å². The molecule has 6 fully saturated rings. The highest BCUT2D eigenvalue weighted by Crippen LogP contribution is 2.76. The highest BCUT2D eigenvalue weighted by molar-refractivity contribution is 6.02. The number of esters is 1. The van der Waals surface area contributed by atoms with Crippen LogP contribution in [0.5, 0.6) is 0 Å². The maximum absolute atomic E-state index is 14.2. The van der Waals surface area contributed by atoms with Crippen LogP contribution in [0.3, 0.4) is 0 Å². The zero-order valence-electron chi connectivity index (χ0n) is 33.6. The normalized spacial score (nSPS) is 43.9. The minimum Gasteiger partial charge on any atom is -0.481 e. The van der Waals surface area contributed by atoms with E-state index in [9.17, 15) is 24.3 Å². The molecule has 5 saturated carbocycles. The zero-order chi connectivity index (χ0) is 37.8. The van der Waals surface area contributed by atoms with Crippen molar-refractivity contribution >= 4 is 23.6 Å². The van der Waals surface area contributed by atoms with Crippen molar-refractivity contribution in [1.82, 2.24) is 5.32 Å². The number of hydrogen-bond donors (Lipinski definition) is 2. The fourth-order valence-corrected chi connectivity index (χ4v) is 13.9. The number of fused-ring (bicyclic) bond motifs is 8. The minimum atomic E-state index is -1.16. The van der Waals surface area contributed by atoms with E-state index in [1.165, 1.54) is 5.57 Å². The Bertz CT molecular complexity index is 1540. The van der Waals surface area contributed by atoms with E-state index in [2.05, 4.69) is 53.8 Å². The number of allylic oxidation sites excluding steroid dienone is 1. The monoisotopic (exact) mass is 721 g/mol. The van der Waals surface area contributed by atoms with E-state index in [0.717, 1.165) is 89.0 Å². The lowest BCUT2D eigenvalue weighted by atomic mass is 9.33. The van der Waals surface area contributed by atoms with Gasteiger partial charge < -0.3 is 19.9 Å². The number of carboxylic acids is 1. The van der Waals surface area contributed by atoms with E-state index in [4.69, 9.17) is 9.47 Å². The maximum Gasteiger partial charge on any atom is 0.309 e. The predicted molar refractivity (Wildman–Crippen MR) is 199 cm³/mol. The van der Waals surface area contributed by atoms with Crippen LogP contribution in [0.15, 0.2) is 11.1 Å². The summed E-state index contributed by atoms with van der Waals surface area (Å²) < 4.78 is 12.1. The Labute approximate surface area is 312 Å². The van der Waals surface area contributed by atoms with Crippen LogP contribution in [0, 0.1) is 56.7 Å². The molecule has 0 aromatic heterocycles. The van der Waals surface area contributed by atoms with Crippen LogP contribution in [0.4, 0.5) is 0 Å². The molecule has 7 rings (SSSR count). The summed E-state index contributed by atoms with van der Waals surface area (Å²) in [6.45, 7) is 19.7. The largest absolute Gasteiger partial charge is 0.481 e. The van der Waals surface area contributed by atoms with Crippen molar-refractivity contribution in [2.45, 2.75) is 182 Å². The Kier molecular flexibility index (Phi) is 9.27. The molecule has 52 heavy (non-hydrogen) atoms. The first kappa shape index (κ1) is 38.1. The second-order valence-corrected chi connectivity index (χ2v) is 20.9. The molecular weight excluding hydrogens is 654 g/mol. The summed E-state index contributed by atoms with van der Waals surface area (Å²) in [5.74, 6) is 0.145. The van der Waals surface area contributed by atoms with E-state index < -0.39 is 22.9 Å². The van der Waals surface area contributed by atoms with Crippen LogP contribution in [-0.2, 0) is 28.7 Å². The summed E-state index contributed by atoms with van der Waals surface area (Å²) in [4.78, 5) is 53.2. The van der Waals surface area contributed by atoms with Gasteiger partial charge in [0.05, 0.1) is 29.6 Å². The van der Waals surface area contributed by atoms with E-state index >= 15 is 0 Å². The van der Waals surface area contributed by atoms with Crippen molar-refractivity contribution in [3.63, 3.8) is 0 Å². The first-order valence-electron chi connectivity index (χ1n) is 20.9. The summed E-state index contributed by atoms with van der Waals surface area (Å²) >= 11 is 0. The summed E-state index contributed by atoms with van der Waals surface area (Å²) in [5, 5.41) is 13.3. The average molecular weight is 722 g/mol. The van der Waals surface area contributed by atoms with Gasteiger partial charge in [-0.3, -0.25) is 19.2 Å². The van der Waals surface area contributed by atoms with Crippen molar-refractivity contribution in [2.24, 2.45) is 56.7 Å². The van der Waals surface area contributed by atoms with Gasteiger partial charge in [-0.05, 0) is 136 Å². The fourth-order valence-electron chi connectivity index (χ4n) is 13.9. The molecule has 0 aromatic rings. The first-order chi connectivity index (χ1) is 24.2. The topological polar surface area (TPSA) is 122 Å². The van der Waals surface area contributed by atoms with Gasteiger partial charge in [0.15, 0.2) is 5.78 Å². The Morgan fingerprint density at radius 3 is 2.29 bits per heavy atom. The van der Waals surface area contributed by atoms with Crippen LogP contribution in [0.2, 0.25) is 0 Å². The zero-order valence-corrected chi connectivity index (χ0v) is 33.6. The SMILES string of the molecule is CC(C)C1=C2C3CCC4C5(C)CC[C@H](OC(=O)CC(C)(C)C(=O)O)C(C)(C)C5CC[C@@]4(C)[C@]3(C)CC[C@@]2(NC(=O)C2CCCCC3OC3C2)CC1=O. The van der Waals surface area contributed by atoms with Gasteiger partial charge in [-0.2, -0.15) is 0 Å². The number of carbonyl (C=O) groups excluding carboxylic acids is 3. The minimum absolute atomic E-state index is 0.0105. The average Bonchev–Trinajstić information content (AvgIpc) is 3.67. The Morgan fingerprint density at radius 2 is 1.60 bits per heavy atom. The number of ether oxygens (including phenoxy) is 2. The van der Waals surface area contributed by atoms with Crippen molar-refractivity contribution < 1.29 is 33.8 Å². The van der Waals surface area contributed by atoms with Gasteiger partial charge in [0.25, 0.3) is 0 Å². The van der Waals surface area contributed by atoms with Crippen molar-refractivity contribution in [2.75, 3.05) is 0 Å². The van der Waals surface area contributed by atoms with Gasteiger partial charge in [0, 0.05) is 17.8 Å². The highest BCUT2D eigenvalue weighted by atomic mass is 16.6. The first-order valence-corrected chi connectivity index (χ1v) is 20.9. The lowest BCUT2D eigenvalue weighted by molar-refractivity contribution is -0.232. The second kappa shape index (κ2) is 12.7. The van der Waals surface area contributed by atoms with Crippen molar-refractivity contribution in [3.05, 3.63) is 11.1 Å². The van der Waals surface area contributed by atoms with Gasteiger partial charge in [-0.1, -0.05) is 61.3 Å². The number of nitrogens with one attached hydrogen (secondary N) is 1. The van der Waals surface area contributed by atoms with Crippen LogP contribution in [0.25, 0.3) is 0 Å². The highest BCUT2D eigenvalue weighted by Gasteiger charge is 2.70. The van der Waals surface area contributed by atoms with E-state index in [1.807, 2.05) is 0 Å². The van der Waals surface area contributed by atoms with Crippen LogP contribution in [0.1, 0.15) is 159 Å². The number of rotatable bonds is 7. The lowest BCUT2D eigenvalue weighted by Gasteiger charge is -2.72. The molecule has 0 bridgehead atoms. The van der Waals surface area contributed by atoms with Gasteiger partial charge in [-0.15, -0.1) is 0 Å². The summed E-state index contributed by atoms with van der Waals surface area (Å²) in [7, 11) is 0. The summed E-state index contributed by atoms with van der Waals surface area (Å²) in [6, 6.07) is 0. The number of carbonyl (C=O) groups is 4. The molecule has 290 valence electrons. The van der Waals surface area contributed by atoms with Crippen molar-refractivity contribution in [3.8, 4) is 0 Å². The third-order valence-corrected chi connectivity index (χ3v) is 17.0. The number of carboxylic acid groups (broad SMARTS) is 1. The molecule has 1 saturated heterocycles. The molecule has 7 unspecified atom stereocenters. The molecule has 0 aromatic carbocycles. The molecule has 8 nitrogen and oxygen atoms in total. The number of epoxide rings is 1. The summed E-state index contributed by atoms with van der Waals surface area (Å²) in [6.07, 6.45) is 13.4. The van der Waals surface area contributed by atoms with Crippen LogP contribution < -0.4 is 5.32 Å². The van der Waals surface area contributed by atoms with Gasteiger partial charge in [-0.25, -0.2) is 0 Å². The standard InChI is InChI=1S/C44H67NO7/c1-25(2)35-28(46)23-44(45-37(48)26-12-10-11-13-29-30(22-26)51-29)21-20-42(8)27(36(35)44)14-15-32-41(7)18-17-33(52-34(47)24-39(3,4)38(49)50)40(5,6)31(41)16-19-43(32,42)9/h25-27,29-33H,10-24H2,1-9H3,(H,45,48)(H,49,50)/t26?,27?,29?,30?,31?,32?,33-,41?,42+,43+,44+/m0/s1. The van der Waals surface area contributed by atoms with E-state index in [-0.39, 0.29) is 69.7 Å².